The van der Waals surface area contributed by atoms with Gasteiger partial charge in [-0.1, -0.05) is 42.5 Å². The molecule has 0 saturated heterocycles. The Labute approximate surface area is 154 Å². The van der Waals surface area contributed by atoms with E-state index in [1.165, 1.54) is 22.4 Å². The third-order valence-electron chi connectivity index (χ3n) is 4.93. The van der Waals surface area contributed by atoms with Gasteiger partial charge in [-0.25, -0.2) is 4.98 Å². The number of nitrogens with zero attached hydrogens (tertiary/aromatic N) is 3. The molecule has 0 atom stereocenters. The summed E-state index contributed by atoms with van der Waals surface area (Å²) in [6.07, 6.45) is 2.28. The molecule has 2 heterocycles. The maximum Gasteiger partial charge on any atom is 0.225 e. The Morgan fingerprint density at radius 3 is 2.69 bits per heavy atom. The topological polar surface area (TPSA) is 41.1 Å². The number of rotatable bonds is 4. The van der Waals surface area contributed by atoms with Crippen LogP contribution in [0.25, 0.3) is 0 Å². The van der Waals surface area contributed by atoms with Crippen LogP contribution in [0.15, 0.2) is 54.6 Å². The van der Waals surface area contributed by atoms with E-state index in [4.69, 9.17) is 4.98 Å². The first-order valence-corrected chi connectivity index (χ1v) is 9.20. The molecule has 1 N–H and O–H groups in total. The summed E-state index contributed by atoms with van der Waals surface area (Å²) < 4.78 is 0. The van der Waals surface area contributed by atoms with Crippen LogP contribution in [-0.4, -0.2) is 16.5 Å². The maximum atomic E-state index is 4.80. The summed E-state index contributed by atoms with van der Waals surface area (Å²) in [6.45, 7) is 5.88. The lowest BCUT2D eigenvalue weighted by molar-refractivity contribution is 0.758. The molecule has 132 valence electrons. The van der Waals surface area contributed by atoms with Gasteiger partial charge in [-0.2, -0.15) is 4.98 Å². The van der Waals surface area contributed by atoms with E-state index in [1.54, 1.807) is 0 Å². The van der Waals surface area contributed by atoms with Gasteiger partial charge in [0.25, 0.3) is 0 Å². The van der Waals surface area contributed by atoms with Crippen molar-refractivity contribution in [3.63, 3.8) is 0 Å². The Bertz CT molecular complexity index is 920. The Hall–Kier alpha value is -2.88. The van der Waals surface area contributed by atoms with Crippen molar-refractivity contribution in [3.8, 4) is 0 Å². The molecule has 26 heavy (non-hydrogen) atoms. The van der Waals surface area contributed by atoms with Gasteiger partial charge < -0.3 is 10.2 Å². The summed E-state index contributed by atoms with van der Waals surface area (Å²) in [7, 11) is 0. The zero-order valence-corrected chi connectivity index (χ0v) is 15.4. The molecule has 0 saturated carbocycles. The van der Waals surface area contributed by atoms with Gasteiger partial charge in [-0.3, -0.25) is 0 Å². The number of hydrogen-bond acceptors (Lipinski definition) is 4. The normalized spacial score (nSPS) is 13.4. The van der Waals surface area contributed by atoms with Gasteiger partial charge in [0, 0.05) is 30.5 Å². The van der Waals surface area contributed by atoms with Crippen molar-refractivity contribution in [2.45, 2.75) is 33.2 Å². The lowest BCUT2D eigenvalue weighted by atomic mass is 10.0. The Kier molecular flexibility index (Phi) is 4.57. The van der Waals surface area contributed by atoms with Gasteiger partial charge in [0.1, 0.15) is 5.82 Å². The Balaban J connectivity index is 1.60. The zero-order valence-electron chi connectivity index (χ0n) is 15.4. The molecule has 0 unspecified atom stereocenters. The van der Waals surface area contributed by atoms with E-state index in [1.807, 2.05) is 6.92 Å². The van der Waals surface area contributed by atoms with E-state index >= 15 is 0 Å². The number of nitrogens with one attached hydrogen (secondary N) is 1. The van der Waals surface area contributed by atoms with Crippen LogP contribution in [0, 0.1) is 13.8 Å². The standard InChI is InChI=1S/C22H24N4/c1-16-8-3-4-10-19(16)15-23-22-24-17(2)14-21(25-22)26-13-7-11-18-9-5-6-12-20(18)26/h3-6,8-10,12,14H,7,11,13,15H2,1-2H3,(H,23,24,25). The highest BCUT2D eigenvalue weighted by Crippen LogP contribution is 2.32. The second kappa shape index (κ2) is 7.16. The third-order valence-corrected chi connectivity index (χ3v) is 4.93. The average Bonchev–Trinajstić information content (AvgIpc) is 2.66. The van der Waals surface area contributed by atoms with Crippen LogP contribution in [0.5, 0.6) is 0 Å². The first-order chi connectivity index (χ1) is 12.7. The van der Waals surface area contributed by atoms with Gasteiger partial charge in [-0.15, -0.1) is 0 Å². The van der Waals surface area contributed by atoms with E-state index in [0.717, 1.165) is 37.4 Å². The van der Waals surface area contributed by atoms with Crippen molar-refractivity contribution in [2.75, 3.05) is 16.8 Å². The van der Waals surface area contributed by atoms with Crippen molar-refractivity contribution in [1.29, 1.82) is 0 Å². The van der Waals surface area contributed by atoms with E-state index in [0.29, 0.717) is 5.95 Å². The van der Waals surface area contributed by atoms with Crippen LogP contribution in [0.4, 0.5) is 17.5 Å². The number of aryl methyl sites for hydroxylation is 3. The monoisotopic (exact) mass is 344 g/mol. The van der Waals surface area contributed by atoms with E-state index in [2.05, 4.69) is 76.7 Å². The lowest BCUT2D eigenvalue weighted by Crippen LogP contribution is -2.25. The second-order valence-corrected chi connectivity index (χ2v) is 6.86. The molecule has 1 aromatic heterocycles. The number of anilines is 3. The number of aromatic nitrogens is 2. The molecule has 0 fully saturated rings. The fourth-order valence-corrected chi connectivity index (χ4v) is 3.52. The molecule has 0 amide bonds. The van der Waals surface area contributed by atoms with Gasteiger partial charge in [0.2, 0.25) is 5.95 Å². The van der Waals surface area contributed by atoms with Crippen LogP contribution in [-0.2, 0) is 13.0 Å². The molecule has 0 spiro atoms. The second-order valence-electron chi connectivity index (χ2n) is 6.86. The SMILES string of the molecule is Cc1cc(N2CCCc3ccccc32)nc(NCc2ccccc2C)n1. The van der Waals surface area contributed by atoms with E-state index in [-0.39, 0.29) is 0 Å². The van der Waals surface area contributed by atoms with Crippen LogP contribution >= 0.6 is 0 Å². The molecule has 1 aliphatic rings. The number of hydrogen-bond donors (Lipinski definition) is 1. The smallest absolute Gasteiger partial charge is 0.225 e. The van der Waals surface area contributed by atoms with Crippen molar-refractivity contribution in [3.05, 3.63) is 77.0 Å². The minimum atomic E-state index is 0.686. The number of fused-ring (bicyclic) bond motifs is 1. The summed E-state index contributed by atoms with van der Waals surface area (Å²) in [5.41, 5.74) is 6.18. The molecule has 1 aliphatic heterocycles. The molecule has 4 nitrogen and oxygen atoms in total. The summed E-state index contributed by atoms with van der Waals surface area (Å²) >= 11 is 0. The molecular formula is C22H24N4. The quantitative estimate of drug-likeness (QED) is 0.739. The van der Waals surface area contributed by atoms with Crippen molar-refractivity contribution in [1.82, 2.24) is 9.97 Å². The first-order valence-electron chi connectivity index (χ1n) is 9.20. The minimum Gasteiger partial charge on any atom is -0.350 e. The molecule has 0 radical (unpaired) electrons. The van der Waals surface area contributed by atoms with E-state index < -0.39 is 0 Å². The van der Waals surface area contributed by atoms with Crippen LogP contribution in [0.1, 0.15) is 28.8 Å². The van der Waals surface area contributed by atoms with Crippen molar-refractivity contribution >= 4 is 17.5 Å². The first kappa shape index (κ1) is 16.6. The summed E-state index contributed by atoms with van der Waals surface area (Å²) in [5, 5.41) is 3.40. The van der Waals surface area contributed by atoms with Crippen LogP contribution < -0.4 is 10.2 Å². The molecule has 0 bridgehead atoms. The van der Waals surface area contributed by atoms with Crippen LogP contribution in [0.2, 0.25) is 0 Å². The minimum absolute atomic E-state index is 0.686. The Morgan fingerprint density at radius 2 is 1.81 bits per heavy atom. The predicted molar refractivity (Wildman–Crippen MR) is 107 cm³/mol. The van der Waals surface area contributed by atoms with Crippen LogP contribution in [0.3, 0.4) is 0 Å². The van der Waals surface area contributed by atoms with Gasteiger partial charge in [0.15, 0.2) is 0 Å². The average molecular weight is 344 g/mol. The van der Waals surface area contributed by atoms with Gasteiger partial charge >= 0.3 is 0 Å². The third kappa shape index (κ3) is 3.40. The zero-order chi connectivity index (χ0) is 17.9. The lowest BCUT2D eigenvalue weighted by Gasteiger charge is -2.30. The number of benzene rings is 2. The molecule has 4 heteroatoms. The Morgan fingerprint density at radius 1 is 1.00 bits per heavy atom. The fourth-order valence-electron chi connectivity index (χ4n) is 3.52. The molecule has 3 aromatic rings. The van der Waals surface area contributed by atoms with Crippen molar-refractivity contribution < 1.29 is 0 Å². The molecule has 2 aromatic carbocycles. The maximum absolute atomic E-state index is 4.80. The highest BCUT2D eigenvalue weighted by molar-refractivity contribution is 5.66. The molecule has 4 rings (SSSR count). The molecular weight excluding hydrogens is 320 g/mol. The predicted octanol–water partition coefficient (Wildman–Crippen LogP) is 4.79. The summed E-state index contributed by atoms with van der Waals surface area (Å²) in [6, 6.07) is 19.1. The molecule has 0 aliphatic carbocycles. The van der Waals surface area contributed by atoms with E-state index in [9.17, 15) is 0 Å². The van der Waals surface area contributed by atoms with Crippen molar-refractivity contribution in [2.24, 2.45) is 0 Å². The number of para-hydroxylation sites is 1. The highest BCUT2D eigenvalue weighted by Gasteiger charge is 2.19. The summed E-state index contributed by atoms with van der Waals surface area (Å²) in [4.78, 5) is 11.7. The summed E-state index contributed by atoms with van der Waals surface area (Å²) in [5.74, 6) is 1.66. The largest absolute Gasteiger partial charge is 0.350 e. The fraction of sp³-hybridized carbons (Fsp3) is 0.273. The highest BCUT2D eigenvalue weighted by atomic mass is 15.2. The van der Waals surface area contributed by atoms with Gasteiger partial charge in [-0.05, 0) is 49.4 Å². The van der Waals surface area contributed by atoms with Gasteiger partial charge in [0.05, 0.1) is 0 Å².